The van der Waals surface area contributed by atoms with E-state index in [-0.39, 0.29) is 0 Å². The number of nitrogens with zero attached hydrogens (tertiary/aromatic N) is 1. The van der Waals surface area contributed by atoms with Crippen LogP contribution < -0.4 is 10.2 Å². The molecule has 1 aromatic carbocycles. The molecule has 0 bridgehead atoms. The van der Waals surface area contributed by atoms with Gasteiger partial charge < -0.3 is 10.2 Å². The van der Waals surface area contributed by atoms with E-state index in [1.54, 1.807) is 0 Å². The molecule has 0 saturated carbocycles. The molecular weight excluding hydrogens is 220 g/mol. The van der Waals surface area contributed by atoms with Crippen LogP contribution in [-0.4, -0.2) is 26.2 Å². The fourth-order valence-corrected chi connectivity index (χ4v) is 2.26. The topological polar surface area (TPSA) is 15.3 Å². The molecule has 102 valence electrons. The summed E-state index contributed by atoms with van der Waals surface area (Å²) in [5.74, 6) is 0.706. The maximum atomic E-state index is 3.61. The largest absolute Gasteiger partial charge is 0.373 e. The highest BCUT2D eigenvalue weighted by atomic mass is 15.1. The third kappa shape index (κ3) is 4.34. The molecule has 0 aliphatic heterocycles. The third-order valence-electron chi connectivity index (χ3n) is 3.71. The number of hydrogen-bond acceptors (Lipinski definition) is 2. The van der Waals surface area contributed by atoms with Crippen LogP contribution in [0.3, 0.4) is 0 Å². The zero-order valence-electron chi connectivity index (χ0n) is 12.5. The van der Waals surface area contributed by atoms with E-state index in [2.05, 4.69) is 69.2 Å². The molecule has 1 N–H and O–H groups in total. The molecular formula is C16H28N2. The molecule has 0 amide bonds. The fourth-order valence-electron chi connectivity index (χ4n) is 2.26. The van der Waals surface area contributed by atoms with Gasteiger partial charge in [-0.2, -0.15) is 0 Å². The maximum Gasteiger partial charge on any atom is 0.0366 e. The second-order valence-electron chi connectivity index (χ2n) is 5.27. The minimum atomic E-state index is 0.561. The number of rotatable bonds is 7. The number of hydrogen-bond donors (Lipinski definition) is 1. The number of likely N-dealkylation sites (N-methyl/N-ethyl adjacent to an activating group) is 2. The lowest BCUT2D eigenvalue weighted by Gasteiger charge is -2.30. The van der Waals surface area contributed by atoms with Crippen molar-refractivity contribution in [2.75, 3.05) is 25.0 Å². The summed E-state index contributed by atoms with van der Waals surface area (Å²) in [6, 6.07) is 9.28. The number of nitrogens with one attached hydrogen (secondary N) is 1. The fraction of sp³-hybridized carbons (Fsp3) is 0.625. The second kappa shape index (κ2) is 7.42. The van der Waals surface area contributed by atoms with Crippen molar-refractivity contribution in [1.82, 2.24) is 5.32 Å². The monoisotopic (exact) mass is 248 g/mol. The minimum absolute atomic E-state index is 0.561. The Morgan fingerprint density at radius 1 is 1.28 bits per heavy atom. The van der Waals surface area contributed by atoms with Crippen LogP contribution in [0.4, 0.5) is 5.69 Å². The van der Waals surface area contributed by atoms with Crippen LogP contribution in [0.15, 0.2) is 24.3 Å². The van der Waals surface area contributed by atoms with E-state index in [4.69, 9.17) is 0 Å². The highest BCUT2D eigenvalue weighted by Crippen LogP contribution is 2.17. The Morgan fingerprint density at radius 3 is 2.56 bits per heavy atom. The first-order valence-corrected chi connectivity index (χ1v) is 7.09. The van der Waals surface area contributed by atoms with Crippen LogP contribution in [0.2, 0.25) is 0 Å². The molecule has 0 heterocycles. The van der Waals surface area contributed by atoms with Gasteiger partial charge in [0.25, 0.3) is 0 Å². The van der Waals surface area contributed by atoms with Gasteiger partial charge in [-0.3, -0.25) is 0 Å². The van der Waals surface area contributed by atoms with E-state index in [9.17, 15) is 0 Å². The molecule has 1 rings (SSSR count). The van der Waals surface area contributed by atoms with Gasteiger partial charge in [-0.05, 0) is 37.1 Å². The Bertz CT molecular complexity index is 349. The van der Waals surface area contributed by atoms with Crippen molar-refractivity contribution in [2.24, 2.45) is 5.92 Å². The van der Waals surface area contributed by atoms with Crippen LogP contribution in [0.25, 0.3) is 0 Å². The van der Waals surface area contributed by atoms with Crippen molar-refractivity contribution in [3.05, 3.63) is 29.8 Å². The Labute approximate surface area is 112 Å². The van der Waals surface area contributed by atoms with E-state index in [0.29, 0.717) is 12.0 Å². The summed E-state index contributed by atoms with van der Waals surface area (Å²) in [6.45, 7) is 11.0. The lowest BCUT2D eigenvalue weighted by molar-refractivity contribution is 0.376. The van der Waals surface area contributed by atoms with Crippen molar-refractivity contribution in [3.63, 3.8) is 0 Å². The quantitative estimate of drug-likeness (QED) is 0.795. The average Bonchev–Trinajstić information content (AvgIpc) is 2.37. The van der Waals surface area contributed by atoms with Gasteiger partial charge >= 0.3 is 0 Å². The SMILES string of the molecule is CCNC(CN(C)c1cccc(C)c1)C(C)CC. The highest BCUT2D eigenvalue weighted by molar-refractivity contribution is 5.47. The number of benzene rings is 1. The molecule has 0 fully saturated rings. The summed E-state index contributed by atoms with van der Waals surface area (Å²) in [4.78, 5) is 2.35. The van der Waals surface area contributed by atoms with E-state index in [0.717, 1.165) is 13.1 Å². The Morgan fingerprint density at radius 2 is 2.00 bits per heavy atom. The molecule has 0 aliphatic rings. The molecule has 2 heteroatoms. The normalized spacial score (nSPS) is 14.3. The van der Waals surface area contributed by atoms with Crippen molar-refractivity contribution in [1.29, 1.82) is 0 Å². The summed E-state index contributed by atoms with van der Waals surface area (Å²) in [6.07, 6.45) is 1.22. The Kier molecular flexibility index (Phi) is 6.20. The summed E-state index contributed by atoms with van der Waals surface area (Å²) < 4.78 is 0. The molecule has 18 heavy (non-hydrogen) atoms. The lowest BCUT2D eigenvalue weighted by Crippen LogP contribution is -2.43. The molecule has 0 aromatic heterocycles. The average molecular weight is 248 g/mol. The van der Waals surface area contributed by atoms with Crippen LogP contribution >= 0.6 is 0 Å². The van der Waals surface area contributed by atoms with E-state index in [1.165, 1.54) is 17.7 Å². The Balaban J connectivity index is 2.68. The third-order valence-corrected chi connectivity index (χ3v) is 3.71. The first kappa shape index (κ1) is 15.0. The molecule has 2 nitrogen and oxygen atoms in total. The summed E-state index contributed by atoms with van der Waals surface area (Å²) >= 11 is 0. The standard InChI is InChI=1S/C16H28N2/c1-6-14(4)16(17-7-2)12-18(5)15-10-8-9-13(3)11-15/h8-11,14,16-17H,6-7,12H2,1-5H3. The van der Waals surface area contributed by atoms with Crippen molar-refractivity contribution in [3.8, 4) is 0 Å². The molecule has 0 aliphatic carbocycles. The van der Waals surface area contributed by atoms with Crippen molar-refractivity contribution < 1.29 is 0 Å². The van der Waals surface area contributed by atoms with Crippen LogP contribution in [0.5, 0.6) is 0 Å². The molecule has 0 radical (unpaired) electrons. The summed E-state index contributed by atoms with van der Waals surface area (Å²) in [5.41, 5.74) is 2.63. The predicted molar refractivity (Wildman–Crippen MR) is 81.4 cm³/mol. The van der Waals surface area contributed by atoms with Gasteiger partial charge in [0.15, 0.2) is 0 Å². The molecule has 2 atom stereocenters. The zero-order chi connectivity index (χ0) is 13.5. The number of anilines is 1. The maximum absolute atomic E-state index is 3.61. The number of aryl methyl sites for hydroxylation is 1. The summed E-state index contributed by atoms with van der Waals surface area (Å²) in [7, 11) is 2.18. The van der Waals surface area contributed by atoms with Gasteiger partial charge in [0, 0.05) is 25.3 Å². The molecule has 0 spiro atoms. The summed E-state index contributed by atoms with van der Waals surface area (Å²) in [5, 5.41) is 3.61. The first-order valence-electron chi connectivity index (χ1n) is 7.09. The van der Waals surface area contributed by atoms with Gasteiger partial charge in [-0.25, -0.2) is 0 Å². The van der Waals surface area contributed by atoms with Crippen LogP contribution in [-0.2, 0) is 0 Å². The van der Waals surface area contributed by atoms with Gasteiger partial charge in [-0.15, -0.1) is 0 Å². The van der Waals surface area contributed by atoms with Crippen molar-refractivity contribution >= 4 is 5.69 Å². The van der Waals surface area contributed by atoms with Crippen molar-refractivity contribution in [2.45, 2.75) is 40.2 Å². The Hall–Kier alpha value is -1.02. The van der Waals surface area contributed by atoms with E-state index >= 15 is 0 Å². The van der Waals surface area contributed by atoms with Gasteiger partial charge in [0.2, 0.25) is 0 Å². The lowest BCUT2D eigenvalue weighted by atomic mass is 9.98. The van der Waals surface area contributed by atoms with Crippen LogP contribution in [0, 0.1) is 12.8 Å². The first-order chi connectivity index (χ1) is 8.58. The smallest absolute Gasteiger partial charge is 0.0366 e. The molecule has 2 unspecified atom stereocenters. The predicted octanol–water partition coefficient (Wildman–Crippen LogP) is 3.46. The minimum Gasteiger partial charge on any atom is -0.373 e. The molecule has 0 saturated heterocycles. The second-order valence-corrected chi connectivity index (χ2v) is 5.27. The van der Waals surface area contributed by atoms with E-state index in [1.807, 2.05) is 0 Å². The highest BCUT2D eigenvalue weighted by Gasteiger charge is 2.16. The van der Waals surface area contributed by atoms with Gasteiger partial charge in [0.05, 0.1) is 0 Å². The van der Waals surface area contributed by atoms with Crippen LogP contribution in [0.1, 0.15) is 32.8 Å². The van der Waals surface area contributed by atoms with E-state index < -0.39 is 0 Å². The molecule has 1 aromatic rings. The van der Waals surface area contributed by atoms with Gasteiger partial charge in [0.1, 0.15) is 0 Å². The zero-order valence-corrected chi connectivity index (χ0v) is 12.5. The van der Waals surface area contributed by atoms with Gasteiger partial charge in [-0.1, -0.05) is 39.3 Å².